The van der Waals surface area contributed by atoms with Crippen LogP contribution in [-0.2, 0) is 4.79 Å². The van der Waals surface area contributed by atoms with E-state index in [4.69, 9.17) is 21.6 Å². The normalized spacial score (nSPS) is 9.88. The van der Waals surface area contributed by atoms with Gasteiger partial charge >= 0.3 is 0 Å². The van der Waals surface area contributed by atoms with Gasteiger partial charge in [0.2, 0.25) is 0 Å². The first-order valence-electron chi connectivity index (χ1n) is 7.49. The van der Waals surface area contributed by atoms with Gasteiger partial charge in [-0.15, -0.1) is 0 Å². The van der Waals surface area contributed by atoms with Gasteiger partial charge in [-0.2, -0.15) is 5.26 Å². The summed E-state index contributed by atoms with van der Waals surface area (Å²) >= 11 is 5.57. The molecule has 0 saturated carbocycles. The molecule has 1 aromatic carbocycles. The molecule has 0 unspecified atom stereocenters. The van der Waals surface area contributed by atoms with Crippen LogP contribution in [0, 0.1) is 17.1 Å². The number of aromatic nitrogens is 2. The first kappa shape index (κ1) is 19.1. The van der Waals surface area contributed by atoms with Gasteiger partial charge in [0.25, 0.3) is 5.91 Å². The number of nitrogens with one attached hydrogen (secondary N) is 2. The van der Waals surface area contributed by atoms with Crippen LogP contribution in [0.25, 0.3) is 0 Å². The number of carbonyl (C=O) groups is 1. The van der Waals surface area contributed by atoms with E-state index < -0.39 is 11.7 Å². The summed E-state index contributed by atoms with van der Waals surface area (Å²) < 4.78 is 18.5. The third-order valence-corrected chi connectivity index (χ3v) is 3.38. The number of nitriles is 1. The maximum atomic E-state index is 13.3. The van der Waals surface area contributed by atoms with Crippen molar-refractivity contribution in [3.8, 4) is 11.8 Å². The summed E-state index contributed by atoms with van der Waals surface area (Å²) in [7, 11) is 0. The lowest BCUT2D eigenvalue weighted by atomic mass is 10.3. The Morgan fingerprint density at radius 3 is 2.85 bits per heavy atom. The molecule has 0 aliphatic carbocycles. The summed E-state index contributed by atoms with van der Waals surface area (Å²) in [5.41, 5.74) is 0.711. The monoisotopic (exact) mass is 375 g/mol. The van der Waals surface area contributed by atoms with Crippen molar-refractivity contribution in [3.63, 3.8) is 0 Å². The Hall–Kier alpha value is -3.18. The molecule has 0 spiro atoms. The molecule has 26 heavy (non-hydrogen) atoms. The molecule has 2 rings (SSSR count). The Morgan fingerprint density at radius 1 is 1.38 bits per heavy atom. The summed E-state index contributed by atoms with van der Waals surface area (Å²) in [6.45, 7) is 3.93. The van der Waals surface area contributed by atoms with E-state index in [1.807, 2.05) is 6.07 Å². The third kappa shape index (κ3) is 6.03. The molecule has 0 aliphatic rings. The predicted octanol–water partition coefficient (Wildman–Crippen LogP) is 2.65. The Labute approximate surface area is 154 Å². The van der Waals surface area contributed by atoms with E-state index in [2.05, 4.69) is 27.2 Å². The highest BCUT2D eigenvalue weighted by atomic mass is 35.5. The maximum Gasteiger partial charge on any atom is 0.262 e. The van der Waals surface area contributed by atoms with Gasteiger partial charge in [-0.05, 0) is 12.1 Å². The quantitative estimate of drug-likeness (QED) is 0.735. The van der Waals surface area contributed by atoms with Crippen LogP contribution in [0.4, 0.5) is 10.2 Å². The lowest BCUT2D eigenvalue weighted by molar-refractivity contribution is -0.122. The van der Waals surface area contributed by atoms with Crippen LogP contribution in [-0.4, -0.2) is 29.0 Å². The largest absolute Gasteiger partial charge is 0.484 e. The Balaban J connectivity index is 1.68. The topological polar surface area (TPSA) is 99.9 Å². The molecule has 9 heteroatoms. The Kier molecular flexibility index (Phi) is 6.88. The molecule has 0 fully saturated rings. The number of ether oxygens (including phenoxy) is 1. The lowest BCUT2D eigenvalue weighted by Gasteiger charge is -2.10. The van der Waals surface area contributed by atoms with Crippen molar-refractivity contribution < 1.29 is 13.9 Å². The maximum absolute atomic E-state index is 13.3. The zero-order valence-corrected chi connectivity index (χ0v) is 14.4. The summed E-state index contributed by atoms with van der Waals surface area (Å²) in [5.74, 6) is -0.320. The van der Waals surface area contributed by atoms with Crippen LogP contribution in [0.3, 0.4) is 0 Å². The van der Waals surface area contributed by atoms with E-state index in [1.165, 1.54) is 24.5 Å². The Morgan fingerprint density at radius 2 is 2.19 bits per heavy atom. The molecule has 0 saturated heterocycles. The van der Waals surface area contributed by atoms with Gasteiger partial charge in [0.05, 0.1) is 17.4 Å². The molecule has 1 aromatic heterocycles. The molecular formula is C17H15ClFN5O2. The van der Waals surface area contributed by atoms with Gasteiger partial charge in [0, 0.05) is 24.7 Å². The molecule has 0 atom stereocenters. The van der Waals surface area contributed by atoms with Crippen molar-refractivity contribution >= 4 is 23.3 Å². The summed E-state index contributed by atoms with van der Waals surface area (Å²) in [4.78, 5) is 19.7. The van der Waals surface area contributed by atoms with Crippen molar-refractivity contribution in [1.82, 2.24) is 15.3 Å². The average molecular weight is 376 g/mol. The van der Waals surface area contributed by atoms with Crippen LogP contribution in [0.15, 0.2) is 42.9 Å². The number of hydrogen-bond acceptors (Lipinski definition) is 6. The van der Waals surface area contributed by atoms with Gasteiger partial charge < -0.3 is 15.4 Å². The molecule has 2 aromatic rings. The van der Waals surface area contributed by atoms with Gasteiger partial charge in [0.15, 0.2) is 12.3 Å². The number of rotatable bonds is 8. The number of benzene rings is 1. The molecule has 134 valence electrons. The number of amides is 1. The SMILES string of the molecule is C=C(CCNc1cnc(C#N)cn1)NC(=O)COc1ccc(Cl)c(F)c1. The minimum absolute atomic E-state index is 0.0189. The van der Waals surface area contributed by atoms with Crippen molar-refractivity contribution in [2.75, 3.05) is 18.5 Å². The molecule has 0 radical (unpaired) electrons. The molecule has 0 aliphatic heterocycles. The summed E-state index contributed by atoms with van der Waals surface area (Å²) in [5, 5.41) is 14.2. The predicted molar refractivity (Wildman–Crippen MR) is 94.0 cm³/mol. The highest BCUT2D eigenvalue weighted by Gasteiger charge is 2.07. The standard InChI is InChI=1S/C17H15ClFN5O2/c1-11(4-5-21-16-9-22-12(7-20)8-23-16)24-17(25)10-26-13-2-3-14(18)15(19)6-13/h2-3,6,8-9H,1,4-5,10H2,(H,21,23)(H,24,25). The van der Waals surface area contributed by atoms with Gasteiger partial charge in [-0.3, -0.25) is 4.79 Å². The van der Waals surface area contributed by atoms with Crippen molar-refractivity contribution in [3.05, 3.63) is 59.4 Å². The fourth-order valence-electron chi connectivity index (χ4n) is 1.83. The molecular weight excluding hydrogens is 361 g/mol. The number of nitrogens with zero attached hydrogens (tertiary/aromatic N) is 3. The van der Waals surface area contributed by atoms with Crippen LogP contribution in [0.1, 0.15) is 12.1 Å². The van der Waals surface area contributed by atoms with Crippen molar-refractivity contribution in [2.24, 2.45) is 0 Å². The molecule has 1 amide bonds. The van der Waals surface area contributed by atoms with Gasteiger partial charge in [-0.1, -0.05) is 18.2 Å². The molecule has 1 heterocycles. The second-order valence-corrected chi connectivity index (χ2v) is 5.50. The van der Waals surface area contributed by atoms with Gasteiger partial charge in [-0.25, -0.2) is 14.4 Å². The van der Waals surface area contributed by atoms with E-state index in [-0.39, 0.29) is 23.1 Å². The van der Waals surface area contributed by atoms with Crippen LogP contribution in [0.2, 0.25) is 5.02 Å². The fraction of sp³-hybridized carbons (Fsp3) is 0.176. The van der Waals surface area contributed by atoms with Gasteiger partial charge in [0.1, 0.15) is 23.5 Å². The van der Waals surface area contributed by atoms with Crippen LogP contribution >= 0.6 is 11.6 Å². The summed E-state index contributed by atoms with van der Waals surface area (Å²) in [6.07, 6.45) is 3.25. The van der Waals surface area contributed by atoms with Crippen molar-refractivity contribution in [2.45, 2.75) is 6.42 Å². The second-order valence-electron chi connectivity index (χ2n) is 5.09. The average Bonchev–Trinajstić information content (AvgIpc) is 2.63. The zero-order valence-electron chi connectivity index (χ0n) is 13.6. The van der Waals surface area contributed by atoms with E-state index in [0.717, 1.165) is 6.07 Å². The van der Waals surface area contributed by atoms with Crippen LogP contribution < -0.4 is 15.4 Å². The van der Waals surface area contributed by atoms with E-state index in [0.29, 0.717) is 24.5 Å². The van der Waals surface area contributed by atoms with E-state index >= 15 is 0 Å². The number of halogens is 2. The second kappa shape index (κ2) is 9.34. The third-order valence-electron chi connectivity index (χ3n) is 3.08. The van der Waals surface area contributed by atoms with Crippen LogP contribution in [0.5, 0.6) is 5.75 Å². The molecule has 7 nitrogen and oxygen atoms in total. The Bertz CT molecular complexity index is 836. The summed E-state index contributed by atoms with van der Waals surface area (Å²) in [6, 6.07) is 5.80. The minimum Gasteiger partial charge on any atom is -0.484 e. The number of hydrogen-bond donors (Lipinski definition) is 2. The lowest BCUT2D eigenvalue weighted by Crippen LogP contribution is -2.28. The first-order valence-corrected chi connectivity index (χ1v) is 7.87. The fourth-order valence-corrected chi connectivity index (χ4v) is 1.95. The number of carbonyl (C=O) groups excluding carboxylic acids is 1. The molecule has 2 N–H and O–H groups in total. The number of anilines is 1. The smallest absolute Gasteiger partial charge is 0.262 e. The minimum atomic E-state index is -0.619. The van der Waals surface area contributed by atoms with Crippen molar-refractivity contribution in [1.29, 1.82) is 5.26 Å². The van der Waals surface area contributed by atoms with E-state index in [1.54, 1.807) is 0 Å². The van der Waals surface area contributed by atoms with E-state index in [9.17, 15) is 9.18 Å². The first-order chi connectivity index (χ1) is 12.5. The zero-order chi connectivity index (χ0) is 18.9. The highest BCUT2D eigenvalue weighted by Crippen LogP contribution is 2.20. The molecule has 0 bridgehead atoms. The highest BCUT2D eigenvalue weighted by molar-refractivity contribution is 6.30.